The zero-order chi connectivity index (χ0) is 23.4. The third-order valence-corrected chi connectivity index (χ3v) is 5.66. The number of fused-ring (bicyclic) bond motifs is 1. The summed E-state index contributed by atoms with van der Waals surface area (Å²) < 4.78 is 5.37. The summed E-state index contributed by atoms with van der Waals surface area (Å²) in [7, 11) is 1.63. The van der Waals surface area contributed by atoms with Gasteiger partial charge < -0.3 is 10.1 Å². The van der Waals surface area contributed by atoms with Gasteiger partial charge in [-0.3, -0.25) is 19.6 Å². The van der Waals surface area contributed by atoms with Crippen LogP contribution in [0.15, 0.2) is 72.0 Å². The summed E-state index contributed by atoms with van der Waals surface area (Å²) in [6.45, 7) is 4.54. The molecule has 6 nitrogen and oxygen atoms in total. The highest BCUT2D eigenvalue weighted by Gasteiger charge is 2.28. The molecular weight excluding hydrogens is 414 g/mol. The van der Waals surface area contributed by atoms with Crippen molar-refractivity contribution in [3.63, 3.8) is 0 Å². The number of hydrogen-bond donors (Lipinski definition) is 1. The van der Waals surface area contributed by atoms with Gasteiger partial charge in [-0.05, 0) is 61.7 Å². The lowest BCUT2D eigenvalue weighted by Gasteiger charge is -2.29. The molecule has 6 heteroatoms. The van der Waals surface area contributed by atoms with Gasteiger partial charge in [-0.2, -0.15) is 0 Å². The van der Waals surface area contributed by atoms with Crippen molar-refractivity contribution < 1.29 is 14.3 Å². The molecular formula is C27H27N3O3. The molecule has 33 heavy (non-hydrogen) atoms. The summed E-state index contributed by atoms with van der Waals surface area (Å²) in [5, 5.41) is 2.87. The van der Waals surface area contributed by atoms with Crippen molar-refractivity contribution in [2.24, 2.45) is 4.99 Å². The molecule has 0 fully saturated rings. The van der Waals surface area contributed by atoms with Crippen LogP contribution in [0.25, 0.3) is 0 Å². The van der Waals surface area contributed by atoms with Crippen LogP contribution in [0.2, 0.25) is 0 Å². The quantitative estimate of drug-likeness (QED) is 0.551. The summed E-state index contributed by atoms with van der Waals surface area (Å²) in [6.07, 6.45) is 4.41. The van der Waals surface area contributed by atoms with E-state index >= 15 is 0 Å². The number of nitrogens with zero attached hydrogens (tertiary/aromatic N) is 2. The molecule has 1 aliphatic heterocycles. The Balaban J connectivity index is 1.46. The molecule has 1 aliphatic rings. The van der Waals surface area contributed by atoms with Crippen molar-refractivity contribution in [1.29, 1.82) is 0 Å². The maximum Gasteiger partial charge on any atom is 0.251 e. The summed E-state index contributed by atoms with van der Waals surface area (Å²) in [6, 6.07) is 16.4. The van der Waals surface area contributed by atoms with Crippen molar-refractivity contribution in [2.45, 2.75) is 38.8 Å². The zero-order valence-electron chi connectivity index (χ0n) is 19.1. The number of carbonyl (C=O) groups is 2. The Labute approximate surface area is 193 Å². The molecule has 2 aromatic carbocycles. The van der Waals surface area contributed by atoms with Gasteiger partial charge in [0.1, 0.15) is 5.75 Å². The predicted octanol–water partition coefficient (Wildman–Crippen LogP) is 4.42. The fourth-order valence-corrected chi connectivity index (χ4v) is 4.02. The van der Waals surface area contributed by atoms with Crippen LogP contribution in [0.1, 0.15) is 57.7 Å². The van der Waals surface area contributed by atoms with E-state index in [1.165, 1.54) is 5.56 Å². The Hall–Kier alpha value is -3.80. The van der Waals surface area contributed by atoms with Crippen molar-refractivity contribution in [3.8, 4) is 5.75 Å². The number of rotatable bonds is 7. The minimum absolute atomic E-state index is 0.0393. The average Bonchev–Trinajstić information content (AvgIpc) is 2.82. The topological polar surface area (TPSA) is 80.7 Å². The number of ketones is 1. The molecule has 0 spiro atoms. The van der Waals surface area contributed by atoms with E-state index in [-0.39, 0.29) is 23.7 Å². The molecule has 0 aliphatic carbocycles. The third-order valence-electron chi connectivity index (χ3n) is 5.66. The molecule has 2 heterocycles. The Morgan fingerprint density at radius 2 is 1.82 bits per heavy atom. The van der Waals surface area contributed by atoms with E-state index < -0.39 is 0 Å². The van der Waals surface area contributed by atoms with Crippen LogP contribution in [-0.2, 0) is 13.0 Å². The van der Waals surface area contributed by atoms with Crippen LogP contribution < -0.4 is 10.1 Å². The number of ether oxygens (including phenoxy) is 1. The molecule has 1 amide bonds. The van der Waals surface area contributed by atoms with Crippen LogP contribution in [0.3, 0.4) is 0 Å². The summed E-state index contributed by atoms with van der Waals surface area (Å²) >= 11 is 0. The molecule has 0 unspecified atom stereocenters. The first-order valence-electron chi connectivity index (χ1n) is 10.9. The Morgan fingerprint density at radius 1 is 1.06 bits per heavy atom. The van der Waals surface area contributed by atoms with E-state index in [4.69, 9.17) is 9.73 Å². The largest absolute Gasteiger partial charge is 0.497 e. The number of methoxy groups -OCH3 is 1. The Bertz CT molecular complexity index is 1200. The van der Waals surface area contributed by atoms with E-state index in [9.17, 15) is 9.59 Å². The standard InChI is InChI=1S/C27H27N3O3/c1-27(2)15-21-10-11-22(33-3)13-23(21)24(30-27)14-25(31)19-6-8-20(9-7-19)26(32)29-17-18-5-4-12-28-16-18/h4-13,16H,14-15,17H2,1-3H3,(H,29,32). The molecule has 0 radical (unpaired) electrons. The van der Waals surface area contributed by atoms with E-state index in [0.717, 1.165) is 29.0 Å². The number of benzene rings is 2. The van der Waals surface area contributed by atoms with Gasteiger partial charge in [0.15, 0.2) is 5.78 Å². The van der Waals surface area contributed by atoms with Crippen molar-refractivity contribution >= 4 is 17.4 Å². The van der Waals surface area contributed by atoms with Gasteiger partial charge in [0.05, 0.1) is 24.8 Å². The highest BCUT2D eigenvalue weighted by Crippen LogP contribution is 2.31. The van der Waals surface area contributed by atoms with E-state index in [2.05, 4.69) is 24.1 Å². The average molecular weight is 442 g/mol. The second-order valence-corrected chi connectivity index (χ2v) is 8.79. The SMILES string of the molecule is COc1ccc2c(c1)C(CC(=O)c1ccc(C(=O)NCc3cccnc3)cc1)=NC(C)(C)C2. The fraction of sp³-hybridized carbons (Fsp3) is 0.259. The normalized spacial score (nSPS) is 14.1. The predicted molar refractivity (Wildman–Crippen MR) is 128 cm³/mol. The molecule has 1 N–H and O–H groups in total. The number of aromatic nitrogens is 1. The van der Waals surface area contributed by atoms with Gasteiger partial charge in [0, 0.05) is 35.6 Å². The van der Waals surface area contributed by atoms with Gasteiger partial charge in [-0.25, -0.2) is 0 Å². The van der Waals surface area contributed by atoms with Crippen molar-refractivity contribution in [1.82, 2.24) is 10.3 Å². The van der Waals surface area contributed by atoms with Gasteiger partial charge in [-0.1, -0.05) is 24.3 Å². The van der Waals surface area contributed by atoms with Crippen LogP contribution in [0.4, 0.5) is 0 Å². The number of pyridine rings is 1. The molecule has 0 atom stereocenters. The molecule has 168 valence electrons. The minimum Gasteiger partial charge on any atom is -0.497 e. The summed E-state index contributed by atoms with van der Waals surface area (Å²) in [5.41, 5.74) is 4.60. The number of amides is 1. The summed E-state index contributed by atoms with van der Waals surface area (Å²) in [5.74, 6) is 0.509. The molecule has 0 saturated heterocycles. The number of carbonyl (C=O) groups excluding carboxylic acids is 2. The van der Waals surface area contributed by atoms with Gasteiger partial charge in [0.2, 0.25) is 0 Å². The zero-order valence-corrected chi connectivity index (χ0v) is 19.1. The Morgan fingerprint density at radius 3 is 2.52 bits per heavy atom. The van der Waals surface area contributed by atoms with E-state index in [1.54, 1.807) is 43.8 Å². The molecule has 1 aromatic heterocycles. The van der Waals surface area contributed by atoms with Crippen LogP contribution in [-0.4, -0.2) is 35.0 Å². The van der Waals surface area contributed by atoms with Gasteiger partial charge >= 0.3 is 0 Å². The van der Waals surface area contributed by atoms with Gasteiger partial charge in [-0.15, -0.1) is 0 Å². The van der Waals surface area contributed by atoms with Crippen LogP contribution in [0, 0.1) is 0 Å². The molecule has 4 rings (SSSR count). The molecule has 3 aromatic rings. The van der Waals surface area contributed by atoms with Crippen molar-refractivity contribution in [2.75, 3.05) is 7.11 Å². The second-order valence-electron chi connectivity index (χ2n) is 8.79. The van der Waals surface area contributed by atoms with Crippen LogP contribution in [0.5, 0.6) is 5.75 Å². The highest BCUT2D eigenvalue weighted by atomic mass is 16.5. The lowest BCUT2D eigenvalue weighted by molar-refractivity contribution is 0.0948. The third kappa shape index (κ3) is 5.34. The number of nitrogens with one attached hydrogen (secondary N) is 1. The highest BCUT2D eigenvalue weighted by molar-refractivity contribution is 6.17. The maximum absolute atomic E-state index is 13.1. The second kappa shape index (κ2) is 9.36. The van der Waals surface area contributed by atoms with Gasteiger partial charge in [0.25, 0.3) is 5.91 Å². The lowest BCUT2D eigenvalue weighted by atomic mass is 9.85. The molecule has 0 saturated carbocycles. The Kier molecular flexibility index (Phi) is 6.36. The van der Waals surface area contributed by atoms with Crippen molar-refractivity contribution in [3.05, 3.63) is 94.8 Å². The lowest BCUT2D eigenvalue weighted by Crippen LogP contribution is -2.30. The minimum atomic E-state index is -0.270. The number of hydrogen-bond acceptors (Lipinski definition) is 5. The monoisotopic (exact) mass is 441 g/mol. The van der Waals surface area contributed by atoms with E-state index in [1.807, 2.05) is 30.3 Å². The molecule has 0 bridgehead atoms. The first kappa shape index (κ1) is 22.4. The fourth-order valence-electron chi connectivity index (χ4n) is 4.02. The number of Topliss-reactive ketones (excluding diaryl/α,β-unsaturated/α-hetero) is 1. The first-order valence-corrected chi connectivity index (χ1v) is 10.9. The van der Waals surface area contributed by atoms with Crippen LogP contribution >= 0.6 is 0 Å². The maximum atomic E-state index is 13.1. The summed E-state index contributed by atoms with van der Waals surface area (Å²) in [4.78, 5) is 34.4. The smallest absolute Gasteiger partial charge is 0.251 e. The van der Waals surface area contributed by atoms with E-state index in [0.29, 0.717) is 17.7 Å². The first-order chi connectivity index (χ1) is 15.8. The number of aliphatic imine (C=N–C) groups is 1.